The molecule has 0 saturated heterocycles. The Kier molecular flexibility index (Phi) is 13.8. The molecule has 0 amide bonds. The molecule has 0 aromatic carbocycles. The second kappa shape index (κ2) is 14.3. The second-order valence-electron chi connectivity index (χ2n) is 5.06. The van der Waals surface area contributed by atoms with E-state index in [-0.39, 0.29) is 0 Å². The van der Waals surface area contributed by atoms with Crippen LogP contribution in [-0.2, 0) is 0 Å². The van der Waals surface area contributed by atoms with Crippen LogP contribution in [0.2, 0.25) is 0 Å². The first kappa shape index (κ1) is 17.3. The Hall–Kier alpha value is -0.730. The third kappa shape index (κ3) is 13.3. The zero-order valence-electron chi connectivity index (χ0n) is 12.5. The van der Waals surface area contributed by atoms with E-state index in [0.29, 0.717) is 5.96 Å². The highest BCUT2D eigenvalue weighted by atomic mass is 15.1. The van der Waals surface area contributed by atoms with Crippen LogP contribution >= 0.6 is 0 Å². The van der Waals surface area contributed by atoms with Gasteiger partial charge in [0.2, 0.25) is 0 Å². The van der Waals surface area contributed by atoms with Gasteiger partial charge in [0.1, 0.15) is 0 Å². The molecule has 108 valence electrons. The van der Waals surface area contributed by atoms with Crippen molar-refractivity contribution in [3.63, 3.8) is 0 Å². The predicted octanol–water partition coefficient (Wildman–Crippen LogP) is 4.04. The van der Waals surface area contributed by atoms with Crippen molar-refractivity contribution in [1.82, 2.24) is 10.6 Å². The number of nitrogens with one attached hydrogen (secondary N) is 3. The van der Waals surface area contributed by atoms with Gasteiger partial charge in [0, 0.05) is 13.1 Å². The fourth-order valence-electron chi connectivity index (χ4n) is 1.95. The first-order valence-electron chi connectivity index (χ1n) is 7.87. The third-order valence-corrected chi connectivity index (χ3v) is 3.16. The molecule has 3 heteroatoms. The van der Waals surface area contributed by atoms with Crippen LogP contribution in [0.3, 0.4) is 0 Å². The van der Waals surface area contributed by atoms with Crippen LogP contribution in [0.4, 0.5) is 0 Å². The highest BCUT2D eigenvalue weighted by molar-refractivity contribution is 5.76. The van der Waals surface area contributed by atoms with Gasteiger partial charge in [-0.2, -0.15) is 0 Å². The van der Waals surface area contributed by atoms with Gasteiger partial charge in [-0.3, -0.25) is 5.41 Å². The van der Waals surface area contributed by atoms with Crippen molar-refractivity contribution in [3.05, 3.63) is 0 Å². The number of rotatable bonds is 12. The maximum absolute atomic E-state index is 7.70. The Morgan fingerprint density at radius 1 is 0.667 bits per heavy atom. The molecule has 0 aromatic heterocycles. The molecule has 0 saturated carbocycles. The number of unbranched alkanes of at least 4 members (excludes halogenated alkanes) is 8. The molecule has 0 radical (unpaired) electrons. The Morgan fingerprint density at radius 2 is 1.06 bits per heavy atom. The van der Waals surface area contributed by atoms with Gasteiger partial charge in [-0.05, 0) is 12.8 Å². The summed E-state index contributed by atoms with van der Waals surface area (Å²) in [6.45, 7) is 6.34. The molecular formula is C15H33N3. The largest absolute Gasteiger partial charge is 0.357 e. The van der Waals surface area contributed by atoms with Crippen molar-refractivity contribution in [2.45, 2.75) is 78.1 Å². The van der Waals surface area contributed by atoms with Crippen molar-refractivity contribution in [1.29, 1.82) is 5.41 Å². The van der Waals surface area contributed by atoms with Crippen LogP contribution in [0, 0.1) is 5.41 Å². The molecule has 0 aliphatic carbocycles. The van der Waals surface area contributed by atoms with Gasteiger partial charge >= 0.3 is 0 Å². The molecule has 0 spiro atoms. The summed E-state index contributed by atoms with van der Waals surface area (Å²) in [5.74, 6) is 0.501. The van der Waals surface area contributed by atoms with Gasteiger partial charge in [0.15, 0.2) is 5.96 Å². The summed E-state index contributed by atoms with van der Waals surface area (Å²) >= 11 is 0. The van der Waals surface area contributed by atoms with Crippen molar-refractivity contribution >= 4 is 5.96 Å². The molecule has 0 bridgehead atoms. The van der Waals surface area contributed by atoms with Gasteiger partial charge in [-0.25, -0.2) is 0 Å². The van der Waals surface area contributed by atoms with E-state index < -0.39 is 0 Å². The molecule has 18 heavy (non-hydrogen) atoms. The van der Waals surface area contributed by atoms with Gasteiger partial charge in [0.25, 0.3) is 0 Å². The minimum Gasteiger partial charge on any atom is -0.357 e. The highest BCUT2D eigenvalue weighted by Crippen LogP contribution is 2.01. The topological polar surface area (TPSA) is 47.9 Å². The molecule has 0 fully saturated rings. The van der Waals surface area contributed by atoms with Crippen molar-refractivity contribution in [3.8, 4) is 0 Å². The van der Waals surface area contributed by atoms with Crippen molar-refractivity contribution in [2.24, 2.45) is 0 Å². The molecular weight excluding hydrogens is 222 g/mol. The van der Waals surface area contributed by atoms with E-state index in [2.05, 4.69) is 24.5 Å². The van der Waals surface area contributed by atoms with Crippen LogP contribution < -0.4 is 10.6 Å². The second-order valence-corrected chi connectivity index (χ2v) is 5.06. The summed E-state index contributed by atoms with van der Waals surface area (Å²) < 4.78 is 0. The van der Waals surface area contributed by atoms with E-state index in [4.69, 9.17) is 5.41 Å². The number of hydrogen-bond donors (Lipinski definition) is 3. The molecule has 0 aliphatic rings. The monoisotopic (exact) mass is 255 g/mol. The first-order chi connectivity index (χ1) is 8.81. The smallest absolute Gasteiger partial charge is 0.188 e. The number of guanidine groups is 1. The molecule has 0 unspecified atom stereocenters. The van der Waals surface area contributed by atoms with Crippen LogP contribution in [0.15, 0.2) is 0 Å². The zero-order chi connectivity index (χ0) is 13.5. The lowest BCUT2D eigenvalue weighted by Gasteiger charge is -2.10. The molecule has 0 aromatic rings. The zero-order valence-corrected chi connectivity index (χ0v) is 12.5. The maximum atomic E-state index is 7.70. The Balaban J connectivity index is 3.12. The van der Waals surface area contributed by atoms with E-state index in [0.717, 1.165) is 13.1 Å². The summed E-state index contributed by atoms with van der Waals surface area (Å²) in [5.41, 5.74) is 0. The Morgan fingerprint density at radius 3 is 1.44 bits per heavy atom. The lowest BCUT2D eigenvalue weighted by molar-refractivity contribution is 0.607. The molecule has 0 atom stereocenters. The van der Waals surface area contributed by atoms with Gasteiger partial charge in [-0.15, -0.1) is 0 Å². The average molecular weight is 255 g/mol. The quantitative estimate of drug-likeness (QED) is 0.280. The number of hydrogen-bond acceptors (Lipinski definition) is 1. The summed E-state index contributed by atoms with van der Waals surface area (Å²) in [7, 11) is 0. The van der Waals surface area contributed by atoms with Gasteiger partial charge < -0.3 is 10.6 Å². The average Bonchev–Trinajstić information content (AvgIpc) is 2.38. The van der Waals surface area contributed by atoms with Crippen LogP contribution in [0.5, 0.6) is 0 Å². The van der Waals surface area contributed by atoms with Crippen LogP contribution in [0.1, 0.15) is 78.1 Å². The lowest BCUT2D eigenvalue weighted by atomic mass is 10.1. The molecule has 3 nitrogen and oxygen atoms in total. The van der Waals surface area contributed by atoms with E-state index in [1.165, 1.54) is 64.2 Å². The highest BCUT2D eigenvalue weighted by Gasteiger charge is 1.95. The van der Waals surface area contributed by atoms with E-state index in [9.17, 15) is 0 Å². The van der Waals surface area contributed by atoms with E-state index >= 15 is 0 Å². The third-order valence-electron chi connectivity index (χ3n) is 3.16. The maximum Gasteiger partial charge on any atom is 0.188 e. The minimum atomic E-state index is 0.501. The Bertz CT molecular complexity index is 163. The van der Waals surface area contributed by atoms with Crippen LogP contribution in [0.25, 0.3) is 0 Å². The minimum absolute atomic E-state index is 0.501. The lowest BCUT2D eigenvalue weighted by Crippen LogP contribution is -2.37. The van der Waals surface area contributed by atoms with Gasteiger partial charge in [0.05, 0.1) is 0 Å². The van der Waals surface area contributed by atoms with Crippen molar-refractivity contribution < 1.29 is 0 Å². The summed E-state index contributed by atoms with van der Waals surface area (Å²) in [5, 5.41) is 14.0. The normalized spacial score (nSPS) is 10.3. The first-order valence-corrected chi connectivity index (χ1v) is 7.87. The predicted molar refractivity (Wildman–Crippen MR) is 81.3 cm³/mol. The molecule has 3 N–H and O–H groups in total. The SMILES string of the molecule is CCCCCCCNC(=N)NCCCCCCC. The fourth-order valence-corrected chi connectivity index (χ4v) is 1.95. The molecule has 0 heterocycles. The fraction of sp³-hybridized carbons (Fsp3) is 0.933. The van der Waals surface area contributed by atoms with Crippen LogP contribution in [-0.4, -0.2) is 19.0 Å². The van der Waals surface area contributed by atoms with E-state index in [1.807, 2.05) is 0 Å². The summed E-state index contributed by atoms with van der Waals surface area (Å²) in [4.78, 5) is 0. The summed E-state index contributed by atoms with van der Waals surface area (Å²) in [6.07, 6.45) is 12.9. The summed E-state index contributed by atoms with van der Waals surface area (Å²) in [6, 6.07) is 0. The molecule has 0 rings (SSSR count). The standard InChI is InChI=1S/C15H33N3/c1-3-5-7-9-11-13-17-15(16)18-14-12-10-8-6-4-2/h3-14H2,1-2H3,(H3,16,17,18). The van der Waals surface area contributed by atoms with Gasteiger partial charge in [-0.1, -0.05) is 65.2 Å². The Labute approximate surface area is 114 Å². The van der Waals surface area contributed by atoms with Crippen molar-refractivity contribution in [2.75, 3.05) is 13.1 Å². The molecule has 0 aliphatic heterocycles. The van der Waals surface area contributed by atoms with E-state index in [1.54, 1.807) is 0 Å².